The summed E-state index contributed by atoms with van der Waals surface area (Å²) in [5, 5.41) is 0. The van der Waals surface area contributed by atoms with E-state index in [1.807, 2.05) is 11.0 Å². The molecule has 1 amide bonds. The average Bonchev–Trinajstić information content (AvgIpc) is 2.58. The van der Waals surface area contributed by atoms with Gasteiger partial charge in [-0.15, -0.1) is 0 Å². The van der Waals surface area contributed by atoms with Gasteiger partial charge >= 0.3 is 5.69 Å². The van der Waals surface area contributed by atoms with Crippen LogP contribution in [-0.2, 0) is 11.3 Å². The van der Waals surface area contributed by atoms with Crippen molar-refractivity contribution < 1.29 is 4.79 Å². The molecule has 1 saturated heterocycles. The molecule has 6 heteroatoms. The molecule has 0 saturated carbocycles. The molecule has 1 aromatic rings. The summed E-state index contributed by atoms with van der Waals surface area (Å²) in [6.07, 6.45) is 0. The number of amides is 1. The molecule has 1 atom stereocenters. The predicted molar refractivity (Wildman–Crippen MR) is 62.0 cm³/mol. The van der Waals surface area contributed by atoms with Crippen molar-refractivity contribution in [2.24, 2.45) is 0 Å². The summed E-state index contributed by atoms with van der Waals surface area (Å²) >= 11 is 0. The first kappa shape index (κ1) is 10.3. The molecule has 0 aromatic carbocycles. The van der Waals surface area contributed by atoms with Gasteiger partial charge in [0.05, 0.1) is 19.1 Å². The van der Waals surface area contributed by atoms with Gasteiger partial charge in [0.25, 0.3) is 0 Å². The van der Waals surface area contributed by atoms with E-state index in [4.69, 9.17) is 0 Å². The molecular weight excluding hydrogens is 220 g/mol. The van der Waals surface area contributed by atoms with Crippen LogP contribution >= 0.6 is 0 Å². The summed E-state index contributed by atoms with van der Waals surface area (Å²) < 4.78 is 1.66. The van der Waals surface area contributed by atoms with Gasteiger partial charge in [0.2, 0.25) is 5.91 Å². The van der Waals surface area contributed by atoms with Crippen molar-refractivity contribution >= 4 is 11.7 Å². The van der Waals surface area contributed by atoms with E-state index < -0.39 is 0 Å². The third-order valence-corrected chi connectivity index (χ3v) is 3.46. The van der Waals surface area contributed by atoms with Crippen molar-refractivity contribution in [3.05, 3.63) is 22.2 Å². The first-order valence-corrected chi connectivity index (χ1v) is 5.65. The lowest BCUT2D eigenvalue weighted by molar-refractivity contribution is -0.130. The van der Waals surface area contributed by atoms with Crippen LogP contribution in [0.4, 0.5) is 5.82 Å². The lowest BCUT2D eigenvalue weighted by Gasteiger charge is -2.35. The Morgan fingerprint density at radius 3 is 2.88 bits per heavy atom. The number of hydrogen-bond donors (Lipinski definition) is 0. The Labute approximate surface area is 98.5 Å². The molecule has 0 N–H and O–H groups in total. The number of aromatic nitrogens is 2. The molecule has 1 unspecified atom stereocenters. The normalized spacial score (nSPS) is 22.7. The first-order valence-electron chi connectivity index (χ1n) is 5.65. The van der Waals surface area contributed by atoms with E-state index in [0.717, 1.165) is 5.82 Å². The quantitative estimate of drug-likeness (QED) is 0.590. The Morgan fingerprint density at radius 1 is 1.35 bits per heavy atom. The molecule has 2 aliphatic rings. The van der Waals surface area contributed by atoms with E-state index in [1.165, 1.54) is 0 Å². The molecule has 6 nitrogen and oxygen atoms in total. The van der Waals surface area contributed by atoms with Crippen molar-refractivity contribution in [1.82, 2.24) is 14.5 Å². The van der Waals surface area contributed by atoms with E-state index in [0.29, 0.717) is 25.3 Å². The number of likely N-dealkylation sites (N-methyl/N-ethyl adjacent to an activating group) is 1. The number of piperazine rings is 1. The highest BCUT2D eigenvalue weighted by Gasteiger charge is 2.37. The second kappa shape index (κ2) is 3.32. The maximum absolute atomic E-state index is 11.8. The number of anilines is 1. The summed E-state index contributed by atoms with van der Waals surface area (Å²) in [7, 11) is 1.80. The highest BCUT2D eigenvalue weighted by molar-refractivity contribution is 5.83. The zero-order valence-corrected chi connectivity index (χ0v) is 9.88. The SMILES string of the molecule is Cc1cc2n(c(=O)n1)CC1CN(C)C(=O)CN21. The molecule has 2 aliphatic heterocycles. The number of hydrogen-bond acceptors (Lipinski definition) is 4. The molecule has 0 spiro atoms. The number of fused-ring (bicyclic) bond motifs is 3. The van der Waals surface area contributed by atoms with E-state index in [9.17, 15) is 9.59 Å². The Morgan fingerprint density at radius 2 is 2.12 bits per heavy atom. The highest BCUT2D eigenvalue weighted by Crippen LogP contribution is 2.27. The number of aryl methyl sites for hydroxylation is 1. The first-order chi connectivity index (χ1) is 8.06. The number of nitrogens with zero attached hydrogens (tertiary/aromatic N) is 4. The Bertz CT molecular complexity index is 551. The van der Waals surface area contributed by atoms with Gasteiger partial charge in [0, 0.05) is 25.4 Å². The molecule has 1 fully saturated rings. The smallest absolute Gasteiger partial charge is 0.342 e. The van der Waals surface area contributed by atoms with Crippen molar-refractivity contribution in [3.63, 3.8) is 0 Å². The Hall–Kier alpha value is -1.85. The van der Waals surface area contributed by atoms with Crippen LogP contribution in [-0.4, -0.2) is 46.5 Å². The van der Waals surface area contributed by atoms with Gasteiger partial charge in [-0.1, -0.05) is 0 Å². The van der Waals surface area contributed by atoms with Crippen LogP contribution < -0.4 is 10.6 Å². The van der Waals surface area contributed by atoms with Crippen LogP contribution in [0, 0.1) is 6.92 Å². The van der Waals surface area contributed by atoms with Gasteiger partial charge in [0.15, 0.2) is 0 Å². The minimum atomic E-state index is -0.218. The monoisotopic (exact) mass is 234 g/mol. The van der Waals surface area contributed by atoms with Crippen molar-refractivity contribution in [2.75, 3.05) is 25.0 Å². The predicted octanol–water partition coefficient (Wildman–Crippen LogP) is -0.788. The van der Waals surface area contributed by atoms with E-state index >= 15 is 0 Å². The Kier molecular flexibility index (Phi) is 2.01. The minimum absolute atomic E-state index is 0.0941. The average molecular weight is 234 g/mol. The third-order valence-electron chi connectivity index (χ3n) is 3.46. The van der Waals surface area contributed by atoms with Gasteiger partial charge < -0.3 is 9.80 Å². The molecule has 3 rings (SSSR count). The largest absolute Gasteiger partial charge is 0.349 e. The zero-order valence-electron chi connectivity index (χ0n) is 9.88. The lowest BCUT2D eigenvalue weighted by Crippen LogP contribution is -2.53. The van der Waals surface area contributed by atoms with Crippen LogP contribution in [0.3, 0.4) is 0 Å². The van der Waals surface area contributed by atoms with Crippen LogP contribution in [0.5, 0.6) is 0 Å². The molecule has 0 radical (unpaired) electrons. The topological polar surface area (TPSA) is 58.4 Å². The van der Waals surface area contributed by atoms with Gasteiger partial charge in [-0.2, -0.15) is 4.98 Å². The van der Waals surface area contributed by atoms with Gasteiger partial charge in [-0.25, -0.2) is 4.79 Å². The van der Waals surface area contributed by atoms with Gasteiger partial charge in [0.1, 0.15) is 5.82 Å². The van der Waals surface area contributed by atoms with Crippen LogP contribution in [0.25, 0.3) is 0 Å². The summed E-state index contributed by atoms with van der Waals surface area (Å²) in [5.41, 5.74) is 0.484. The molecule has 1 aromatic heterocycles. The highest BCUT2D eigenvalue weighted by atomic mass is 16.2. The summed E-state index contributed by atoms with van der Waals surface area (Å²) in [6, 6.07) is 2.08. The molecule has 0 bridgehead atoms. The molecular formula is C11H14N4O2. The fourth-order valence-corrected chi connectivity index (χ4v) is 2.56. The second-order valence-corrected chi connectivity index (χ2v) is 4.70. The van der Waals surface area contributed by atoms with Gasteiger partial charge in [-0.05, 0) is 6.92 Å². The van der Waals surface area contributed by atoms with E-state index in [1.54, 1.807) is 23.4 Å². The molecule has 17 heavy (non-hydrogen) atoms. The fraction of sp³-hybridized carbons (Fsp3) is 0.545. The number of rotatable bonds is 0. The van der Waals surface area contributed by atoms with Crippen LogP contribution in [0.15, 0.2) is 10.9 Å². The summed E-state index contributed by atoms with van der Waals surface area (Å²) in [4.78, 5) is 31.1. The molecule has 3 heterocycles. The fourth-order valence-electron chi connectivity index (χ4n) is 2.56. The van der Waals surface area contributed by atoms with Crippen molar-refractivity contribution in [3.8, 4) is 0 Å². The van der Waals surface area contributed by atoms with Crippen molar-refractivity contribution in [1.29, 1.82) is 0 Å². The van der Waals surface area contributed by atoms with E-state index in [-0.39, 0.29) is 17.6 Å². The molecule has 0 aliphatic carbocycles. The second-order valence-electron chi connectivity index (χ2n) is 4.70. The van der Waals surface area contributed by atoms with Crippen LogP contribution in [0.1, 0.15) is 5.69 Å². The summed E-state index contributed by atoms with van der Waals surface area (Å²) in [6.45, 7) is 3.44. The summed E-state index contributed by atoms with van der Waals surface area (Å²) in [5.74, 6) is 0.922. The lowest BCUT2D eigenvalue weighted by atomic mass is 10.2. The van der Waals surface area contributed by atoms with Crippen molar-refractivity contribution in [2.45, 2.75) is 19.5 Å². The Balaban J connectivity index is 2.07. The van der Waals surface area contributed by atoms with Crippen LogP contribution in [0.2, 0.25) is 0 Å². The number of carbonyl (C=O) groups excluding carboxylic acids is 1. The minimum Gasteiger partial charge on any atom is -0.342 e. The zero-order chi connectivity index (χ0) is 12.2. The van der Waals surface area contributed by atoms with E-state index in [2.05, 4.69) is 4.98 Å². The maximum Gasteiger partial charge on any atom is 0.349 e. The standard InChI is InChI=1S/C11H14N4O2/c1-7-3-9-14-6-10(16)13(2)4-8(14)5-15(9)11(17)12-7/h3,8H,4-6H2,1-2H3. The maximum atomic E-state index is 11.8. The molecule has 90 valence electrons. The number of carbonyl (C=O) groups is 1. The van der Waals surface area contributed by atoms with Gasteiger partial charge in [-0.3, -0.25) is 9.36 Å². The third kappa shape index (κ3) is 1.44.